The topological polar surface area (TPSA) is 52.6 Å². The molecular weight excluding hydrogens is 240 g/mol. The predicted octanol–water partition coefficient (Wildman–Crippen LogP) is 2.40. The summed E-state index contributed by atoms with van der Waals surface area (Å²) in [5, 5.41) is 0.303. The van der Waals surface area contributed by atoms with Crippen LogP contribution in [0.5, 0.6) is 0 Å². The molecule has 0 aromatic carbocycles. The number of carbonyl (C=O) groups excluding carboxylic acids is 2. The van der Waals surface area contributed by atoms with E-state index in [0.717, 1.165) is 0 Å². The van der Waals surface area contributed by atoms with Crippen LogP contribution in [-0.2, 0) is 19.1 Å². The van der Waals surface area contributed by atoms with Crippen LogP contribution in [0, 0.1) is 0 Å². The Bertz CT molecular complexity index is 219. The first-order valence-electron chi connectivity index (χ1n) is 5.96. The molecule has 0 amide bonds. The quantitative estimate of drug-likeness (QED) is 0.629. The first-order valence-corrected chi connectivity index (χ1v) is 6.90. The first-order chi connectivity index (χ1) is 7.99. The van der Waals surface area contributed by atoms with Crippen molar-refractivity contribution in [3.05, 3.63) is 0 Å². The minimum absolute atomic E-state index is 0.151. The second-order valence-electron chi connectivity index (χ2n) is 3.78. The summed E-state index contributed by atoms with van der Waals surface area (Å²) in [5.41, 5.74) is 0. The molecule has 0 aliphatic carbocycles. The highest BCUT2D eigenvalue weighted by atomic mass is 32.2. The minimum atomic E-state index is -0.184. The Hall–Kier alpha value is -0.710. The number of rotatable bonds is 8. The van der Waals surface area contributed by atoms with Gasteiger partial charge in [-0.15, -0.1) is 0 Å². The van der Waals surface area contributed by atoms with E-state index in [9.17, 15) is 9.59 Å². The lowest BCUT2D eigenvalue weighted by atomic mass is 10.3. The number of thioether (sulfide) groups is 1. The van der Waals surface area contributed by atoms with E-state index in [2.05, 4.69) is 0 Å². The Labute approximate surface area is 107 Å². The van der Waals surface area contributed by atoms with Gasteiger partial charge in [-0.3, -0.25) is 9.59 Å². The van der Waals surface area contributed by atoms with Crippen LogP contribution in [0.2, 0.25) is 0 Å². The third-order valence-electron chi connectivity index (χ3n) is 1.98. The maximum Gasteiger partial charge on any atom is 0.306 e. The molecule has 17 heavy (non-hydrogen) atoms. The van der Waals surface area contributed by atoms with Crippen molar-refractivity contribution in [3.8, 4) is 0 Å². The SMILES string of the molecule is CCOC(=O)C[C@H](C)S[C@@H](C)CC(=O)OCC. The first kappa shape index (κ1) is 16.3. The van der Waals surface area contributed by atoms with Crippen LogP contribution >= 0.6 is 11.8 Å². The molecule has 0 N–H and O–H groups in total. The number of esters is 2. The lowest BCUT2D eigenvalue weighted by molar-refractivity contribution is -0.143. The van der Waals surface area contributed by atoms with E-state index < -0.39 is 0 Å². The van der Waals surface area contributed by atoms with E-state index in [-0.39, 0.29) is 22.4 Å². The molecule has 0 spiro atoms. The van der Waals surface area contributed by atoms with Crippen LogP contribution in [0.25, 0.3) is 0 Å². The molecule has 0 unspecified atom stereocenters. The van der Waals surface area contributed by atoms with Gasteiger partial charge in [-0.1, -0.05) is 13.8 Å². The largest absolute Gasteiger partial charge is 0.466 e. The Morgan fingerprint density at radius 1 is 0.941 bits per heavy atom. The molecule has 0 radical (unpaired) electrons. The molecule has 0 saturated heterocycles. The molecule has 5 heteroatoms. The fraction of sp³-hybridized carbons (Fsp3) is 0.833. The average molecular weight is 262 g/mol. The molecule has 4 nitrogen and oxygen atoms in total. The molecule has 0 aromatic rings. The number of ether oxygens (including phenoxy) is 2. The molecule has 100 valence electrons. The van der Waals surface area contributed by atoms with Crippen LogP contribution in [0.4, 0.5) is 0 Å². The Kier molecular flexibility index (Phi) is 8.94. The zero-order valence-electron chi connectivity index (χ0n) is 11.0. The van der Waals surface area contributed by atoms with Gasteiger partial charge in [0, 0.05) is 10.5 Å². The highest BCUT2D eigenvalue weighted by molar-refractivity contribution is 8.00. The van der Waals surface area contributed by atoms with Gasteiger partial charge >= 0.3 is 11.9 Å². The standard InChI is InChI=1S/C12H22O4S/c1-5-15-11(13)7-9(3)17-10(4)8-12(14)16-6-2/h9-10H,5-8H2,1-4H3/t9-,10-/m0/s1. The van der Waals surface area contributed by atoms with Gasteiger partial charge in [-0.25, -0.2) is 0 Å². The van der Waals surface area contributed by atoms with Gasteiger partial charge < -0.3 is 9.47 Å². The second-order valence-corrected chi connectivity index (χ2v) is 5.66. The molecule has 0 heterocycles. The fourth-order valence-electron chi connectivity index (χ4n) is 1.40. The van der Waals surface area contributed by atoms with Crippen molar-refractivity contribution in [3.63, 3.8) is 0 Å². The summed E-state index contributed by atoms with van der Waals surface area (Å²) in [6, 6.07) is 0. The number of carbonyl (C=O) groups is 2. The molecular formula is C12H22O4S. The molecule has 0 saturated carbocycles. The maximum absolute atomic E-state index is 11.2. The van der Waals surface area contributed by atoms with E-state index in [1.54, 1.807) is 25.6 Å². The van der Waals surface area contributed by atoms with Crippen LogP contribution < -0.4 is 0 Å². The van der Waals surface area contributed by atoms with Crippen molar-refractivity contribution in [2.45, 2.75) is 51.0 Å². The zero-order chi connectivity index (χ0) is 13.3. The lowest BCUT2D eigenvalue weighted by Gasteiger charge is -2.15. The van der Waals surface area contributed by atoms with Crippen LogP contribution in [0.15, 0.2) is 0 Å². The summed E-state index contributed by atoms with van der Waals surface area (Å²) < 4.78 is 9.74. The summed E-state index contributed by atoms with van der Waals surface area (Å²) in [5.74, 6) is -0.369. The summed E-state index contributed by atoms with van der Waals surface area (Å²) >= 11 is 1.61. The molecule has 0 aliphatic heterocycles. The second kappa shape index (κ2) is 9.33. The predicted molar refractivity (Wildman–Crippen MR) is 69.0 cm³/mol. The lowest BCUT2D eigenvalue weighted by Crippen LogP contribution is -2.16. The average Bonchev–Trinajstić information content (AvgIpc) is 2.16. The van der Waals surface area contributed by atoms with Crippen molar-refractivity contribution in [2.75, 3.05) is 13.2 Å². The molecule has 0 fully saturated rings. The summed E-state index contributed by atoms with van der Waals surface area (Å²) in [7, 11) is 0. The van der Waals surface area contributed by atoms with E-state index in [4.69, 9.17) is 9.47 Å². The third kappa shape index (κ3) is 9.03. The number of hydrogen-bond donors (Lipinski definition) is 0. The molecule has 0 rings (SSSR count). The Morgan fingerprint density at radius 2 is 1.29 bits per heavy atom. The number of hydrogen-bond acceptors (Lipinski definition) is 5. The van der Waals surface area contributed by atoms with E-state index in [1.807, 2.05) is 13.8 Å². The van der Waals surface area contributed by atoms with Crippen molar-refractivity contribution < 1.29 is 19.1 Å². The Balaban J connectivity index is 3.82. The highest BCUT2D eigenvalue weighted by Crippen LogP contribution is 2.23. The third-order valence-corrected chi connectivity index (χ3v) is 3.25. The molecule has 0 aliphatic rings. The summed E-state index contributed by atoms with van der Waals surface area (Å²) in [6.07, 6.45) is 0.761. The molecule has 2 atom stereocenters. The van der Waals surface area contributed by atoms with Gasteiger partial charge in [-0.2, -0.15) is 11.8 Å². The van der Waals surface area contributed by atoms with Gasteiger partial charge in [0.15, 0.2) is 0 Å². The van der Waals surface area contributed by atoms with Gasteiger partial charge in [0.05, 0.1) is 26.1 Å². The van der Waals surface area contributed by atoms with Crippen LogP contribution in [-0.4, -0.2) is 35.7 Å². The smallest absolute Gasteiger partial charge is 0.306 e. The van der Waals surface area contributed by atoms with E-state index in [0.29, 0.717) is 26.1 Å². The Morgan fingerprint density at radius 3 is 1.59 bits per heavy atom. The van der Waals surface area contributed by atoms with Crippen LogP contribution in [0.3, 0.4) is 0 Å². The maximum atomic E-state index is 11.2. The fourth-order valence-corrected chi connectivity index (χ4v) is 2.66. The molecule has 0 bridgehead atoms. The zero-order valence-corrected chi connectivity index (χ0v) is 11.8. The van der Waals surface area contributed by atoms with Crippen LogP contribution in [0.1, 0.15) is 40.5 Å². The van der Waals surface area contributed by atoms with Gasteiger partial charge in [-0.05, 0) is 13.8 Å². The summed E-state index contributed by atoms with van der Waals surface area (Å²) in [6.45, 7) is 8.33. The van der Waals surface area contributed by atoms with Gasteiger partial charge in [0.1, 0.15) is 0 Å². The van der Waals surface area contributed by atoms with E-state index in [1.165, 1.54) is 0 Å². The normalized spacial score (nSPS) is 13.9. The van der Waals surface area contributed by atoms with Crippen molar-refractivity contribution in [1.82, 2.24) is 0 Å². The van der Waals surface area contributed by atoms with Crippen molar-refractivity contribution in [1.29, 1.82) is 0 Å². The van der Waals surface area contributed by atoms with Crippen molar-refractivity contribution in [2.24, 2.45) is 0 Å². The highest BCUT2D eigenvalue weighted by Gasteiger charge is 2.16. The molecule has 0 aromatic heterocycles. The van der Waals surface area contributed by atoms with E-state index >= 15 is 0 Å². The monoisotopic (exact) mass is 262 g/mol. The van der Waals surface area contributed by atoms with Crippen molar-refractivity contribution >= 4 is 23.7 Å². The minimum Gasteiger partial charge on any atom is -0.466 e. The van der Waals surface area contributed by atoms with Gasteiger partial charge in [0.25, 0.3) is 0 Å². The summed E-state index contributed by atoms with van der Waals surface area (Å²) in [4.78, 5) is 22.5. The van der Waals surface area contributed by atoms with Gasteiger partial charge in [0.2, 0.25) is 0 Å².